The van der Waals surface area contributed by atoms with Gasteiger partial charge in [0.25, 0.3) is 11.8 Å². The van der Waals surface area contributed by atoms with Crippen LogP contribution in [0, 0.1) is 0 Å². The van der Waals surface area contributed by atoms with E-state index in [4.69, 9.17) is 9.47 Å². The predicted molar refractivity (Wildman–Crippen MR) is 107 cm³/mol. The number of carbonyl (C=O) groups excluding carboxylic acids is 4. The number of ether oxygens (including phenoxy) is 2. The number of amides is 4. The van der Waals surface area contributed by atoms with Crippen molar-refractivity contribution in [3.8, 4) is 5.75 Å². The molecule has 10 heteroatoms. The maximum absolute atomic E-state index is 12.4. The molecule has 2 aliphatic heterocycles. The Morgan fingerprint density at radius 1 is 1.07 bits per heavy atom. The Morgan fingerprint density at radius 3 is 2.23 bits per heavy atom. The molecule has 0 radical (unpaired) electrons. The molecule has 162 valence electrons. The molecule has 0 spiro atoms. The van der Waals surface area contributed by atoms with E-state index in [0.717, 1.165) is 16.3 Å². The third-order valence-corrected chi connectivity index (χ3v) is 5.16. The fourth-order valence-electron chi connectivity index (χ4n) is 3.38. The molecule has 4 amide bonds. The summed E-state index contributed by atoms with van der Waals surface area (Å²) in [6, 6.07) is 7.06. The highest BCUT2D eigenvalue weighted by molar-refractivity contribution is 6.08. The molecule has 30 heavy (non-hydrogen) atoms. The predicted octanol–water partition coefficient (Wildman–Crippen LogP) is 0.217. The molecular weight excluding hydrogens is 392 g/mol. The van der Waals surface area contributed by atoms with Gasteiger partial charge >= 0.3 is 12.0 Å². The van der Waals surface area contributed by atoms with E-state index in [1.165, 1.54) is 0 Å². The van der Waals surface area contributed by atoms with Gasteiger partial charge in [0.1, 0.15) is 17.8 Å². The zero-order valence-corrected chi connectivity index (χ0v) is 17.3. The van der Waals surface area contributed by atoms with Crippen LogP contribution in [0.25, 0.3) is 0 Å². The van der Waals surface area contributed by atoms with E-state index in [-0.39, 0.29) is 5.91 Å². The summed E-state index contributed by atoms with van der Waals surface area (Å²) in [7, 11) is 1.62. The minimum Gasteiger partial charge on any atom is -0.497 e. The van der Waals surface area contributed by atoms with E-state index in [1.807, 2.05) is 24.3 Å². The highest BCUT2D eigenvalue weighted by Crippen LogP contribution is 2.20. The Morgan fingerprint density at radius 2 is 1.70 bits per heavy atom. The lowest BCUT2D eigenvalue weighted by atomic mass is 10.1. The average Bonchev–Trinajstić information content (AvgIpc) is 2.93. The van der Waals surface area contributed by atoms with Gasteiger partial charge in [-0.25, -0.2) is 4.79 Å². The highest BCUT2D eigenvalue weighted by Gasteiger charge is 2.45. The van der Waals surface area contributed by atoms with Gasteiger partial charge in [0.05, 0.1) is 7.11 Å². The van der Waals surface area contributed by atoms with E-state index in [9.17, 15) is 19.2 Å². The number of anilines is 1. The maximum Gasteiger partial charge on any atom is 0.326 e. The van der Waals surface area contributed by atoms with Crippen molar-refractivity contribution >= 4 is 29.5 Å². The average molecular weight is 418 g/mol. The molecule has 2 heterocycles. The summed E-state index contributed by atoms with van der Waals surface area (Å²) >= 11 is 0. The standard InChI is InChI=1S/C20H26N4O6/c1-20(2)18(27)24(19(28)21-20)12-17(26)30-13-16(25)23-10-8-22(9-11-23)14-4-6-15(29-3)7-5-14/h4-7H,8-13H2,1-3H3,(H,21,28). The van der Waals surface area contributed by atoms with Gasteiger partial charge < -0.3 is 24.6 Å². The van der Waals surface area contributed by atoms with Crippen LogP contribution in [0.2, 0.25) is 0 Å². The van der Waals surface area contributed by atoms with Crippen molar-refractivity contribution in [3.63, 3.8) is 0 Å². The van der Waals surface area contributed by atoms with Crippen LogP contribution < -0.4 is 15.0 Å². The molecule has 3 rings (SSSR count). The molecule has 0 atom stereocenters. The third kappa shape index (κ3) is 4.64. The molecule has 10 nitrogen and oxygen atoms in total. The second-order valence-electron chi connectivity index (χ2n) is 7.67. The first-order chi connectivity index (χ1) is 14.2. The number of carbonyl (C=O) groups is 4. The lowest BCUT2D eigenvalue weighted by molar-refractivity contribution is -0.153. The quantitative estimate of drug-likeness (QED) is 0.520. The molecular formula is C20H26N4O6. The molecule has 2 saturated heterocycles. The number of piperazine rings is 1. The minimum atomic E-state index is -1.06. The van der Waals surface area contributed by atoms with Crippen molar-refractivity contribution in [2.45, 2.75) is 19.4 Å². The first kappa shape index (κ1) is 21.4. The van der Waals surface area contributed by atoms with Gasteiger partial charge in [0, 0.05) is 31.9 Å². The van der Waals surface area contributed by atoms with Gasteiger partial charge in [-0.3, -0.25) is 19.3 Å². The smallest absolute Gasteiger partial charge is 0.326 e. The highest BCUT2D eigenvalue weighted by atomic mass is 16.5. The van der Waals surface area contributed by atoms with Crippen molar-refractivity contribution in [1.82, 2.24) is 15.1 Å². The molecule has 0 unspecified atom stereocenters. The molecule has 1 aromatic carbocycles. The summed E-state index contributed by atoms with van der Waals surface area (Å²) in [4.78, 5) is 52.8. The van der Waals surface area contributed by atoms with Gasteiger partial charge in [0.2, 0.25) is 0 Å². The SMILES string of the molecule is COc1ccc(N2CCN(C(=O)COC(=O)CN3C(=O)NC(C)(C)C3=O)CC2)cc1. The number of hydrogen-bond donors (Lipinski definition) is 1. The van der Waals surface area contributed by atoms with Gasteiger partial charge in [-0.1, -0.05) is 0 Å². The Kier molecular flexibility index (Phi) is 6.14. The van der Waals surface area contributed by atoms with Crippen LogP contribution in [-0.2, 0) is 19.1 Å². The van der Waals surface area contributed by atoms with E-state index in [1.54, 1.807) is 25.9 Å². The van der Waals surface area contributed by atoms with Crippen molar-refractivity contribution in [1.29, 1.82) is 0 Å². The van der Waals surface area contributed by atoms with Gasteiger partial charge in [-0.2, -0.15) is 0 Å². The van der Waals surface area contributed by atoms with Crippen LogP contribution in [0.1, 0.15) is 13.8 Å². The van der Waals surface area contributed by atoms with Crippen LogP contribution in [0.5, 0.6) is 5.75 Å². The third-order valence-electron chi connectivity index (χ3n) is 5.16. The molecule has 1 N–H and O–H groups in total. The summed E-state index contributed by atoms with van der Waals surface area (Å²) in [5, 5.41) is 2.48. The number of urea groups is 1. The lowest BCUT2D eigenvalue weighted by Gasteiger charge is -2.36. The van der Waals surface area contributed by atoms with Crippen LogP contribution in [0.3, 0.4) is 0 Å². The Labute approximate surface area is 174 Å². The van der Waals surface area contributed by atoms with Crippen LogP contribution in [-0.4, -0.2) is 85.6 Å². The largest absolute Gasteiger partial charge is 0.497 e. The molecule has 0 saturated carbocycles. The number of imide groups is 1. The summed E-state index contributed by atoms with van der Waals surface area (Å²) in [6.07, 6.45) is 0. The van der Waals surface area contributed by atoms with Crippen molar-refractivity contribution in [3.05, 3.63) is 24.3 Å². The zero-order valence-electron chi connectivity index (χ0n) is 17.3. The van der Waals surface area contributed by atoms with E-state index >= 15 is 0 Å². The summed E-state index contributed by atoms with van der Waals surface area (Å²) in [6.45, 7) is 4.47. The molecule has 0 aliphatic carbocycles. The fourth-order valence-corrected chi connectivity index (χ4v) is 3.38. The zero-order chi connectivity index (χ0) is 21.9. The van der Waals surface area contributed by atoms with Gasteiger partial charge in [-0.05, 0) is 38.1 Å². The van der Waals surface area contributed by atoms with E-state index in [2.05, 4.69) is 10.2 Å². The topological polar surface area (TPSA) is 108 Å². The van der Waals surface area contributed by atoms with Crippen LogP contribution in [0.4, 0.5) is 10.5 Å². The van der Waals surface area contributed by atoms with Gasteiger partial charge in [0.15, 0.2) is 6.61 Å². The number of rotatable bonds is 6. The Hall–Kier alpha value is -3.30. The number of methoxy groups -OCH3 is 1. The van der Waals surface area contributed by atoms with Crippen molar-refractivity contribution in [2.75, 3.05) is 51.3 Å². The number of nitrogens with one attached hydrogen (secondary N) is 1. The summed E-state index contributed by atoms with van der Waals surface area (Å²) in [5.74, 6) is -0.840. The Bertz CT molecular complexity index is 830. The number of nitrogens with zero attached hydrogens (tertiary/aromatic N) is 3. The normalized spacial score (nSPS) is 18.3. The lowest BCUT2D eigenvalue weighted by Crippen LogP contribution is -2.50. The van der Waals surface area contributed by atoms with Crippen molar-refractivity contribution in [2.24, 2.45) is 0 Å². The van der Waals surface area contributed by atoms with Gasteiger partial charge in [-0.15, -0.1) is 0 Å². The van der Waals surface area contributed by atoms with E-state index in [0.29, 0.717) is 26.2 Å². The second-order valence-corrected chi connectivity index (χ2v) is 7.67. The Balaban J connectivity index is 1.43. The summed E-state index contributed by atoms with van der Waals surface area (Å²) in [5.41, 5.74) is -0.0117. The molecule has 2 aliphatic rings. The molecule has 0 aromatic heterocycles. The number of esters is 1. The monoisotopic (exact) mass is 418 g/mol. The summed E-state index contributed by atoms with van der Waals surface area (Å²) < 4.78 is 10.1. The molecule has 0 bridgehead atoms. The number of hydrogen-bond acceptors (Lipinski definition) is 7. The first-order valence-corrected chi connectivity index (χ1v) is 9.68. The number of benzene rings is 1. The van der Waals surface area contributed by atoms with Crippen LogP contribution >= 0.6 is 0 Å². The first-order valence-electron chi connectivity index (χ1n) is 9.68. The maximum atomic E-state index is 12.4. The van der Waals surface area contributed by atoms with Crippen LogP contribution in [0.15, 0.2) is 24.3 Å². The molecule has 1 aromatic rings. The van der Waals surface area contributed by atoms with Crippen molar-refractivity contribution < 1.29 is 28.7 Å². The fraction of sp³-hybridized carbons (Fsp3) is 0.500. The minimum absolute atomic E-state index is 0.310. The second kappa shape index (κ2) is 8.60. The molecule has 2 fully saturated rings. The van der Waals surface area contributed by atoms with E-state index < -0.39 is 36.6 Å².